The Labute approximate surface area is 141 Å². The minimum Gasteiger partial charge on any atom is -0.494 e. The van der Waals surface area contributed by atoms with E-state index in [4.69, 9.17) is 17.0 Å². The van der Waals surface area contributed by atoms with E-state index in [1.807, 2.05) is 0 Å². The Morgan fingerprint density at radius 2 is 2.13 bits per heavy atom. The average Bonchev–Trinajstić information content (AvgIpc) is 2.53. The van der Waals surface area contributed by atoms with E-state index < -0.39 is 5.56 Å². The summed E-state index contributed by atoms with van der Waals surface area (Å²) < 4.78 is 6.67. The van der Waals surface area contributed by atoms with Crippen molar-refractivity contribution < 1.29 is 9.84 Å². The van der Waals surface area contributed by atoms with Gasteiger partial charge in [-0.05, 0) is 37.9 Å². The van der Waals surface area contributed by atoms with Crippen LogP contribution in [0.3, 0.4) is 0 Å². The van der Waals surface area contributed by atoms with E-state index in [-0.39, 0.29) is 16.2 Å². The first kappa shape index (κ1) is 17.9. The number of hydrogen-bond donors (Lipinski definition) is 2. The molecule has 6 nitrogen and oxygen atoms in total. The number of aromatic nitrogens is 2. The maximum Gasteiger partial charge on any atom is 0.264 e. The zero-order valence-electron chi connectivity index (χ0n) is 13.8. The predicted molar refractivity (Wildman–Crippen MR) is 93.1 cm³/mol. The lowest BCUT2D eigenvalue weighted by Gasteiger charge is -2.19. The van der Waals surface area contributed by atoms with E-state index >= 15 is 0 Å². The second-order valence-corrected chi connectivity index (χ2v) is 6.42. The minimum atomic E-state index is -0.397. The normalized spacial score (nSPS) is 16.7. The SMILES string of the molecule is COCCn1c(O)c(C(C)=NCC2CCCCC2)c(=O)[nH]c1=S. The molecular weight excluding hydrogens is 314 g/mol. The molecule has 2 N–H and O–H groups in total. The molecule has 0 aliphatic heterocycles. The van der Waals surface area contributed by atoms with Crippen LogP contribution in [0.5, 0.6) is 5.88 Å². The molecule has 0 atom stereocenters. The zero-order chi connectivity index (χ0) is 16.8. The standard InChI is InChI=1S/C16H25N3O3S/c1-11(17-10-12-6-4-3-5-7-12)13-14(20)18-16(23)19(15(13)21)8-9-22-2/h12,21H,3-10H2,1-2H3,(H,18,20,23). The number of rotatable bonds is 6. The molecule has 2 rings (SSSR count). The molecule has 1 saturated carbocycles. The van der Waals surface area contributed by atoms with Gasteiger partial charge in [0.25, 0.3) is 5.56 Å². The Kier molecular flexibility index (Phi) is 6.53. The number of H-pyrrole nitrogens is 1. The fraction of sp³-hybridized carbons (Fsp3) is 0.688. The number of hydrogen-bond acceptors (Lipinski definition) is 5. The van der Waals surface area contributed by atoms with E-state index in [1.54, 1.807) is 14.0 Å². The number of aliphatic imine (C=N–C) groups is 1. The molecule has 1 aromatic heterocycles. The smallest absolute Gasteiger partial charge is 0.264 e. The molecule has 1 heterocycles. The predicted octanol–water partition coefficient (Wildman–Crippen LogP) is 2.65. The van der Waals surface area contributed by atoms with Crippen molar-refractivity contribution in [1.29, 1.82) is 0 Å². The summed E-state index contributed by atoms with van der Waals surface area (Å²) >= 11 is 5.11. The van der Waals surface area contributed by atoms with Gasteiger partial charge >= 0.3 is 0 Å². The van der Waals surface area contributed by atoms with Gasteiger partial charge < -0.3 is 9.84 Å². The minimum absolute atomic E-state index is 0.138. The fourth-order valence-corrected chi connectivity index (χ4v) is 3.26. The highest BCUT2D eigenvalue weighted by molar-refractivity contribution is 7.71. The first-order valence-electron chi connectivity index (χ1n) is 8.11. The number of aromatic amines is 1. The van der Waals surface area contributed by atoms with Gasteiger partial charge in [0, 0.05) is 19.4 Å². The lowest BCUT2D eigenvalue weighted by molar-refractivity contribution is 0.182. The van der Waals surface area contributed by atoms with E-state index in [1.165, 1.54) is 36.7 Å². The van der Waals surface area contributed by atoms with Crippen LogP contribution in [0.1, 0.15) is 44.6 Å². The first-order chi connectivity index (χ1) is 11.0. The zero-order valence-corrected chi connectivity index (χ0v) is 14.6. The monoisotopic (exact) mass is 339 g/mol. The molecule has 128 valence electrons. The van der Waals surface area contributed by atoms with Gasteiger partial charge in [0.15, 0.2) is 4.77 Å². The summed E-state index contributed by atoms with van der Waals surface area (Å²) in [5.74, 6) is 0.444. The number of nitrogens with zero attached hydrogens (tertiary/aromatic N) is 2. The summed E-state index contributed by atoms with van der Waals surface area (Å²) in [5, 5.41) is 10.4. The van der Waals surface area contributed by atoms with Crippen LogP contribution in [0.4, 0.5) is 0 Å². The second kappa shape index (κ2) is 8.40. The van der Waals surface area contributed by atoms with Crippen LogP contribution in [0.25, 0.3) is 0 Å². The lowest BCUT2D eigenvalue weighted by Crippen LogP contribution is -2.23. The van der Waals surface area contributed by atoms with Crippen molar-refractivity contribution in [2.75, 3.05) is 20.3 Å². The van der Waals surface area contributed by atoms with E-state index in [2.05, 4.69) is 9.98 Å². The Morgan fingerprint density at radius 3 is 2.78 bits per heavy atom. The molecule has 0 aromatic carbocycles. The van der Waals surface area contributed by atoms with Crippen LogP contribution in [0, 0.1) is 10.7 Å². The molecule has 1 fully saturated rings. The summed E-state index contributed by atoms with van der Waals surface area (Å²) in [6.07, 6.45) is 6.20. The van der Waals surface area contributed by atoms with Gasteiger partial charge in [0.2, 0.25) is 5.88 Å². The van der Waals surface area contributed by atoms with Crippen LogP contribution in [0.2, 0.25) is 0 Å². The summed E-state index contributed by atoms with van der Waals surface area (Å²) in [6.45, 7) is 3.24. The van der Waals surface area contributed by atoms with Gasteiger partial charge in [0.1, 0.15) is 5.56 Å². The highest BCUT2D eigenvalue weighted by Crippen LogP contribution is 2.24. The molecule has 0 bridgehead atoms. The molecule has 0 unspecified atom stereocenters. The molecule has 0 radical (unpaired) electrons. The Morgan fingerprint density at radius 1 is 1.43 bits per heavy atom. The maximum atomic E-state index is 12.2. The van der Waals surface area contributed by atoms with Gasteiger partial charge in [0.05, 0.1) is 13.2 Å². The third-order valence-electron chi connectivity index (χ3n) is 4.36. The van der Waals surface area contributed by atoms with E-state index in [9.17, 15) is 9.90 Å². The molecule has 23 heavy (non-hydrogen) atoms. The summed E-state index contributed by atoms with van der Waals surface area (Å²) in [7, 11) is 1.57. The maximum absolute atomic E-state index is 12.2. The van der Waals surface area contributed by atoms with E-state index in [0.29, 0.717) is 31.3 Å². The van der Waals surface area contributed by atoms with Crippen LogP contribution < -0.4 is 5.56 Å². The molecule has 1 aromatic rings. The summed E-state index contributed by atoms with van der Waals surface area (Å²) in [4.78, 5) is 19.3. The van der Waals surface area contributed by atoms with Crippen molar-refractivity contribution >= 4 is 17.9 Å². The highest BCUT2D eigenvalue weighted by atomic mass is 32.1. The van der Waals surface area contributed by atoms with Gasteiger partial charge in [-0.1, -0.05) is 19.3 Å². The molecular formula is C16H25N3O3S. The van der Waals surface area contributed by atoms with Crippen molar-refractivity contribution in [3.05, 3.63) is 20.7 Å². The van der Waals surface area contributed by atoms with Gasteiger partial charge in [-0.2, -0.15) is 0 Å². The molecule has 0 amide bonds. The van der Waals surface area contributed by atoms with Gasteiger partial charge in [-0.3, -0.25) is 19.3 Å². The topological polar surface area (TPSA) is 79.6 Å². The largest absolute Gasteiger partial charge is 0.494 e. The fourth-order valence-electron chi connectivity index (χ4n) is 2.99. The Balaban J connectivity index is 2.26. The second-order valence-electron chi connectivity index (χ2n) is 6.03. The third kappa shape index (κ3) is 4.51. The number of methoxy groups -OCH3 is 1. The van der Waals surface area contributed by atoms with Gasteiger partial charge in [-0.15, -0.1) is 0 Å². The number of ether oxygens (including phenoxy) is 1. The van der Waals surface area contributed by atoms with Crippen LogP contribution in [0.15, 0.2) is 9.79 Å². The van der Waals surface area contributed by atoms with Crippen LogP contribution >= 0.6 is 12.2 Å². The number of nitrogens with one attached hydrogen (secondary N) is 1. The van der Waals surface area contributed by atoms with Crippen LogP contribution in [-0.4, -0.2) is 40.6 Å². The molecule has 0 spiro atoms. The third-order valence-corrected chi connectivity index (χ3v) is 4.69. The Hall–Kier alpha value is -1.47. The van der Waals surface area contributed by atoms with Crippen molar-refractivity contribution in [3.8, 4) is 5.88 Å². The molecule has 7 heteroatoms. The van der Waals surface area contributed by atoms with Crippen molar-refractivity contribution in [2.24, 2.45) is 10.9 Å². The molecule has 1 aliphatic carbocycles. The van der Waals surface area contributed by atoms with Crippen molar-refractivity contribution in [3.63, 3.8) is 0 Å². The van der Waals surface area contributed by atoms with Crippen LogP contribution in [-0.2, 0) is 11.3 Å². The number of aromatic hydroxyl groups is 1. The van der Waals surface area contributed by atoms with E-state index in [0.717, 1.165) is 0 Å². The summed E-state index contributed by atoms with van der Waals surface area (Å²) in [5.41, 5.74) is 0.354. The molecule has 1 aliphatic rings. The van der Waals surface area contributed by atoms with Crippen molar-refractivity contribution in [2.45, 2.75) is 45.6 Å². The van der Waals surface area contributed by atoms with Crippen molar-refractivity contribution in [1.82, 2.24) is 9.55 Å². The van der Waals surface area contributed by atoms with Gasteiger partial charge in [-0.25, -0.2) is 0 Å². The summed E-state index contributed by atoms with van der Waals surface area (Å²) in [6, 6.07) is 0. The Bertz CT molecular complexity index is 672. The first-order valence-corrected chi connectivity index (χ1v) is 8.52. The lowest BCUT2D eigenvalue weighted by atomic mass is 9.89. The average molecular weight is 339 g/mol. The highest BCUT2D eigenvalue weighted by Gasteiger charge is 2.17. The quantitative estimate of drug-likeness (QED) is 0.617. The molecule has 0 saturated heterocycles.